The van der Waals surface area contributed by atoms with Crippen molar-refractivity contribution in [3.8, 4) is 0 Å². The van der Waals surface area contributed by atoms with Crippen LogP contribution >= 0.6 is 11.3 Å². The Morgan fingerprint density at radius 1 is 1.39 bits per heavy atom. The summed E-state index contributed by atoms with van der Waals surface area (Å²) in [5, 5.41) is 6.46. The van der Waals surface area contributed by atoms with Gasteiger partial charge in [0.2, 0.25) is 0 Å². The topological polar surface area (TPSA) is 32.3 Å². The van der Waals surface area contributed by atoms with Crippen LogP contribution in [-0.4, -0.2) is 24.0 Å². The largest absolute Gasteiger partial charge is 0.331 e. The highest BCUT2D eigenvalue weighted by Gasteiger charge is 2.22. The molecule has 1 aromatic carbocycles. The summed E-state index contributed by atoms with van der Waals surface area (Å²) in [6.45, 7) is 3.83. The third kappa shape index (κ3) is 1.97. The fourth-order valence-electron chi connectivity index (χ4n) is 2.21. The Kier molecular flexibility index (Phi) is 2.96. The quantitative estimate of drug-likeness (QED) is 0.882. The minimum atomic E-state index is 0.0593. The summed E-state index contributed by atoms with van der Waals surface area (Å²) < 4.78 is 1.28. The number of fused-ring (bicyclic) bond motifs is 1. The molecule has 3 rings (SSSR count). The van der Waals surface area contributed by atoms with Crippen molar-refractivity contribution in [2.45, 2.75) is 19.4 Å². The normalized spacial score (nSPS) is 16.4. The van der Waals surface area contributed by atoms with Gasteiger partial charge in [0.15, 0.2) is 0 Å². The zero-order valence-electron chi connectivity index (χ0n) is 10.3. The van der Waals surface area contributed by atoms with Gasteiger partial charge in [-0.2, -0.15) is 0 Å². The number of likely N-dealkylation sites (tertiary alicyclic amines) is 1. The van der Waals surface area contributed by atoms with Gasteiger partial charge in [0.25, 0.3) is 0 Å². The van der Waals surface area contributed by atoms with Crippen LogP contribution in [0.2, 0.25) is 0 Å². The van der Waals surface area contributed by atoms with Crippen LogP contribution in [0.3, 0.4) is 0 Å². The zero-order valence-corrected chi connectivity index (χ0v) is 11.2. The van der Waals surface area contributed by atoms with Gasteiger partial charge in [0, 0.05) is 17.8 Å². The highest BCUT2D eigenvalue weighted by Crippen LogP contribution is 2.30. The summed E-state index contributed by atoms with van der Waals surface area (Å²) in [5.74, 6) is 0. The molecule has 3 nitrogen and oxygen atoms in total. The molecule has 0 bridgehead atoms. The molecule has 0 radical (unpaired) electrons. The second-order valence-electron chi connectivity index (χ2n) is 4.70. The summed E-state index contributed by atoms with van der Waals surface area (Å²) in [5.41, 5.74) is 1.21. The molecule has 4 heteroatoms. The molecule has 2 heterocycles. The minimum Gasteiger partial charge on any atom is -0.331 e. The molecule has 1 N–H and O–H groups in total. The van der Waals surface area contributed by atoms with E-state index in [-0.39, 0.29) is 12.1 Å². The fourth-order valence-corrected chi connectivity index (χ4v) is 3.26. The highest BCUT2D eigenvalue weighted by atomic mass is 32.1. The van der Waals surface area contributed by atoms with Crippen molar-refractivity contribution in [1.29, 1.82) is 0 Å². The number of nitrogens with one attached hydrogen (secondary N) is 1. The second kappa shape index (κ2) is 4.61. The average molecular weight is 260 g/mol. The average Bonchev–Trinajstić information content (AvgIpc) is 2.69. The number of hydrogen-bond donors (Lipinski definition) is 1. The van der Waals surface area contributed by atoms with Gasteiger partial charge >= 0.3 is 6.03 Å². The molecule has 1 aliphatic rings. The van der Waals surface area contributed by atoms with E-state index in [9.17, 15) is 4.79 Å². The van der Waals surface area contributed by atoms with Crippen molar-refractivity contribution in [1.82, 2.24) is 10.2 Å². The minimum absolute atomic E-state index is 0.0593. The van der Waals surface area contributed by atoms with E-state index in [2.05, 4.69) is 22.8 Å². The number of carbonyl (C=O) groups is 1. The Balaban J connectivity index is 1.79. The number of amides is 2. The number of nitrogens with zero attached hydrogens (tertiary/aromatic N) is 1. The first-order valence-corrected chi connectivity index (χ1v) is 7.15. The van der Waals surface area contributed by atoms with Crippen molar-refractivity contribution in [2.24, 2.45) is 0 Å². The van der Waals surface area contributed by atoms with E-state index in [0.717, 1.165) is 19.5 Å². The summed E-state index contributed by atoms with van der Waals surface area (Å²) in [7, 11) is 0. The van der Waals surface area contributed by atoms with E-state index in [1.807, 2.05) is 24.0 Å². The number of carbonyl (C=O) groups excluding carboxylic acids is 1. The molecule has 0 aliphatic carbocycles. The summed E-state index contributed by atoms with van der Waals surface area (Å²) in [4.78, 5) is 13.7. The molecule has 1 fully saturated rings. The van der Waals surface area contributed by atoms with Gasteiger partial charge in [0.1, 0.15) is 0 Å². The first-order chi connectivity index (χ1) is 8.75. The Bertz CT molecular complexity index is 574. The lowest BCUT2D eigenvalue weighted by molar-refractivity contribution is 0.164. The van der Waals surface area contributed by atoms with Crippen LogP contribution in [-0.2, 0) is 0 Å². The molecule has 2 amide bonds. The summed E-state index contributed by atoms with van der Waals surface area (Å²) >= 11 is 1.73. The van der Waals surface area contributed by atoms with E-state index >= 15 is 0 Å². The van der Waals surface area contributed by atoms with Crippen molar-refractivity contribution in [3.05, 3.63) is 35.2 Å². The Morgan fingerprint density at radius 2 is 2.17 bits per heavy atom. The van der Waals surface area contributed by atoms with E-state index < -0.39 is 0 Å². The molecule has 1 saturated heterocycles. The van der Waals surface area contributed by atoms with Crippen molar-refractivity contribution in [3.63, 3.8) is 0 Å². The first-order valence-electron chi connectivity index (χ1n) is 6.27. The van der Waals surface area contributed by atoms with Gasteiger partial charge in [-0.25, -0.2) is 4.79 Å². The molecular weight excluding hydrogens is 244 g/mol. The molecule has 18 heavy (non-hydrogen) atoms. The molecule has 1 atom stereocenters. The van der Waals surface area contributed by atoms with Crippen LogP contribution in [0, 0.1) is 0 Å². The number of benzene rings is 1. The molecule has 0 spiro atoms. The van der Waals surface area contributed by atoms with Gasteiger partial charge in [-0.05, 0) is 35.7 Å². The molecule has 94 valence electrons. The number of urea groups is 1. The van der Waals surface area contributed by atoms with Crippen molar-refractivity contribution >= 4 is 27.5 Å². The molecule has 2 aromatic rings. The van der Waals surface area contributed by atoms with Crippen molar-refractivity contribution < 1.29 is 4.79 Å². The number of hydrogen-bond acceptors (Lipinski definition) is 2. The summed E-state index contributed by atoms with van der Waals surface area (Å²) in [6, 6.07) is 8.45. The van der Waals surface area contributed by atoms with E-state index in [1.54, 1.807) is 11.3 Å². The van der Waals surface area contributed by atoms with Crippen LogP contribution < -0.4 is 5.32 Å². The van der Waals surface area contributed by atoms with Crippen LogP contribution in [0.5, 0.6) is 0 Å². The first kappa shape index (κ1) is 11.5. The number of thiophene rings is 1. The highest BCUT2D eigenvalue weighted by molar-refractivity contribution is 7.17. The van der Waals surface area contributed by atoms with Gasteiger partial charge in [-0.3, -0.25) is 0 Å². The van der Waals surface area contributed by atoms with Gasteiger partial charge in [-0.15, -0.1) is 11.3 Å². The van der Waals surface area contributed by atoms with Crippen LogP contribution in [0.25, 0.3) is 10.1 Å². The zero-order chi connectivity index (χ0) is 12.5. The lowest BCUT2D eigenvalue weighted by Crippen LogP contribution is -2.48. The van der Waals surface area contributed by atoms with Gasteiger partial charge in [-0.1, -0.05) is 18.2 Å². The molecular formula is C14H16N2OS. The lowest BCUT2D eigenvalue weighted by Gasteiger charge is -2.32. The second-order valence-corrected chi connectivity index (χ2v) is 5.61. The fraction of sp³-hybridized carbons (Fsp3) is 0.357. The Labute approximate surface area is 110 Å². The predicted octanol–water partition coefficient (Wildman–Crippen LogP) is 3.38. The maximum absolute atomic E-state index is 11.9. The maximum Gasteiger partial charge on any atom is 0.317 e. The molecule has 1 aromatic heterocycles. The molecule has 1 aliphatic heterocycles. The standard InChI is InChI=1S/C14H16N2OS/c1-10(15-14(17)16-7-4-8-16)12-9-18-13-6-3-2-5-11(12)13/h2-3,5-6,9-10H,4,7-8H2,1H3,(H,15,17)/t10-/m0/s1. The smallest absolute Gasteiger partial charge is 0.317 e. The third-order valence-corrected chi connectivity index (χ3v) is 4.44. The predicted molar refractivity (Wildman–Crippen MR) is 75.0 cm³/mol. The Hall–Kier alpha value is -1.55. The van der Waals surface area contributed by atoms with Crippen LogP contribution in [0.15, 0.2) is 29.6 Å². The third-order valence-electron chi connectivity index (χ3n) is 3.46. The van der Waals surface area contributed by atoms with E-state index in [4.69, 9.17) is 0 Å². The molecule has 0 unspecified atom stereocenters. The Morgan fingerprint density at radius 3 is 2.89 bits per heavy atom. The lowest BCUT2D eigenvalue weighted by atomic mass is 10.1. The van der Waals surface area contributed by atoms with Gasteiger partial charge < -0.3 is 10.2 Å². The van der Waals surface area contributed by atoms with Crippen LogP contribution in [0.4, 0.5) is 4.79 Å². The number of rotatable bonds is 2. The van der Waals surface area contributed by atoms with Gasteiger partial charge in [0.05, 0.1) is 6.04 Å². The summed E-state index contributed by atoms with van der Waals surface area (Å²) in [6.07, 6.45) is 1.13. The molecule has 0 saturated carbocycles. The SMILES string of the molecule is C[C@H](NC(=O)N1CCC1)c1csc2ccccc12. The monoisotopic (exact) mass is 260 g/mol. The van der Waals surface area contributed by atoms with E-state index in [0.29, 0.717) is 0 Å². The van der Waals surface area contributed by atoms with Crippen molar-refractivity contribution in [2.75, 3.05) is 13.1 Å². The maximum atomic E-state index is 11.9. The van der Waals surface area contributed by atoms with Crippen LogP contribution in [0.1, 0.15) is 24.9 Å². The van der Waals surface area contributed by atoms with E-state index in [1.165, 1.54) is 15.6 Å².